The molecular weight excluding hydrogens is 701 g/mol. The summed E-state index contributed by atoms with van der Waals surface area (Å²) in [7, 11) is 0. The summed E-state index contributed by atoms with van der Waals surface area (Å²) < 4.78 is 0. The Morgan fingerprint density at radius 3 is 2.05 bits per heavy atom. The molecule has 0 amide bonds. The van der Waals surface area contributed by atoms with Crippen LogP contribution in [0.5, 0.6) is 0 Å². The van der Waals surface area contributed by atoms with Crippen molar-refractivity contribution in [1.29, 1.82) is 0 Å². The van der Waals surface area contributed by atoms with Crippen LogP contribution in [-0.2, 0) is 5.41 Å². The molecule has 0 bridgehead atoms. The first-order chi connectivity index (χ1) is 28.8. The highest BCUT2D eigenvalue weighted by atomic mass is 14.9. The van der Waals surface area contributed by atoms with Gasteiger partial charge < -0.3 is 0 Å². The van der Waals surface area contributed by atoms with E-state index in [1.807, 2.05) is 24.3 Å². The van der Waals surface area contributed by atoms with Crippen LogP contribution in [0, 0.1) is 0 Å². The standard InChI is InChI=1S/C56H42N2/c1-5-18-40(19-6-1)52-37-53(58-55(57-52)41-20-7-2-8-21-41)43-25-16-24-42(36-43)38-22-15-23-39(35-34-38)44-29-17-33-51-54(44)47-28-13-14-32-50(47)56(51)48-30-11-3-9-26-45(48)46-27-10-4-12-31-49(46)56/h1-3,5-10,12-14,16-21,24-37H,4,11,15,22-23H2. The fourth-order valence-corrected chi connectivity index (χ4v) is 9.98. The van der Waals surface area contributed by atoms with Gasteiger partial charge in [0.1, 0.15) is 0 Å². The minimum atomic E-state index is -0.339. The van der Waals surface area contributed by atoms with Gasteiger partial charge in [0.05, 0.1) is 16.8 Å². The first-order valence-electron chi connectivity index (χ1n) is 20.7. The highest BCUT2D eigenvalue weighted by molar-refractivity contribution is 5.97. The summed E-state index contributed by atoms with van der Waals surface area (Å²) in [5.74, 6) is 0.734. The molecule has 2 nitrogen and oxygen atoms in total. The van der Waals surface area contributed by atoms with Crippen molar-refractivity contribution in [3.8, 4) is 45.0 Å². The van der Waals surface area contributed by atoms with E-state index in [0.29, 0.717) is 0 Å². The second-order valence-corrected chi connectivity index (χ2v) is 15.8. The molecule has 6 aromatic rings. The van der Waals surface area contributed by atoms with Crippen molar-refractivity contribution < 1.29 is 0 Å². The first-order valence-corrected chi connectivity index (χ1v) is 20.7. The Morgan fingerprint density at radius 1 is 0.500 bits per heavy atom. The van der Waals surface area contributed by atoms with Gasteiger partial charge in [-0.1, -0.05) is 182 Å². The third-order valence-electron chi connectivity index (χ3n) is 12.5. The van der Waals surface area contributed by atoms with Gasteiger partial charge in [0.15, 0.2) is 5.82 Å². The van der Waals surface area contributed by atoms with Crippen molar-refractivity contribution in [3.05, 3.63) is 239 Å². The monoisotopic (exact) mass is 742 g/mol. The van der Waals surface area contributed by atoms with Crippen LogP contribution in [0.25, 0.3) is 56.2 Å². The van der Waals surface area contributed by atoms with E-state index in [-0.39, 0.29) is 5.41 Å². The molecule has 1 aromatic heterocycles. The lowest BCUT2D eigenvalue weighted by atomic mass is 9.68. The van der Waals surface area contributed by atoms with Gasteiger partial charge in [-0.25, -0.2) is 9.97 Å². The van der Waals surface area contributed by atoms with Gasteiger partial charge in [0, 0.05) is 16.7 Å². The average molecular weight is 743 g/mol. The Bertz CT molecular complexity index is 2830. The fraction of sp³-hybridized carbons (Fsp3) is 0.107. The lowest BCUT2D eigenvalue weighted by molar-refractivity contribution is 0.778. The van der Waals surface area contributed by atoms with Gasteiger partial charge in [-0.3, -0.25) is 0 Å². The largest absolute Gasteiger partial charge is 0.228 e. The van der Waals surface area contributed by atoms with E-state index < -0.39 is 0 Å². The van der Waals surface area contributed by atoms with Gasteiger partial charge in [-0.2, -0.15) is 0 Å². The summed E-state index contributed by atoms with van der Waals surface area (Å²) in [6, 6.07) is 48.1. The van der Waals surface area contributed by atoms with Crippen molar-refractivity contribution >= 4 is 11.1 Å². The summed E-state index contributed by atoms with van der Waals surface area (Å²) >= 11 is 0. The van der Waals surface area contributed by atoms with Gasteiger partial charge in [0.25, 0.3) is 0 Å². The number of fused-ring (bicyclic) bond motifs is 9. The number of nitrogens with zero attached hydrogens (tertiary/aromatic N) is 2. The third-order valence-corrected chi connectivity index (χ3v) is 12.5. The van der Waals surface area contributed by atoms with Crippen LogP contribution in [0.3, 0.4) is 0 Å². The molecule has 0 aliphatic heterocycles. The van der Waals surface area contributed by atoms with E-state index in [2.05, 4.69) is 170 Å². The Kier molecular flexibility index (Phi) is 8.43. The number of hydrogen-bond acceptors (Lipinski definition) is 2. The molecule has 5 aliphatic rings. The molecule has 0 saturated carbocycles. The summed E-state index contributed by atoms with van der Waals surface area (Å²) in [6.45, 7) is 0. The normalized spacial score (nSPS) is 18.9. The Hall–Kier alpha value is -6.90. The molecule has 0 radical (unpaired) electrons. The molecule has 0 fully saturated rings. The highest BCUT2D eigenvalue weighted by Crippen LogP contribution is 2.65. The molecule has 11 rings (SSSR count). The summed E-state index contributed by atoms with van der Waals surface area (Å²) in [5, 5.41) is 0. The van der Waals surface area contributed by atoms with Crippen molar-refractivity contribution in [2.24, 2.45) is 0 Å². The minimum Gasteiger partial charge on any atom is -0.228 e. The molecule has 1 heterocycles. The maximum absolute atomic E-state index is 5.13. The van der Waals surface area contributed by atoms with Crippen LogP contribution in [0.1, 0.15) is 54.4 Å². The maximum atomic E-state index is 5.13. The molecule has 1 spiro atoms. The fourth-order valence-electron chi connectivity index (χ4n) is 9.98. The summed E-state index contributed by atoms with van der Waals surface area (Å²) in [5.41, 5.74) is 21.2. The number of hydrogen-bond donors (Lipinski definition) is 0. The maximum Gasteiger partial charge on any atom is 0.160 e. The van der Waals surface area contributed by atoms with Crippen molar-refractivity contribution in [2.75, 3.05) is 0 Å². The number of rotatable bonds is 5. The van der Waals surface area contributed by atoms with Gasteiger partial charge in [0.2, 0.25) is 0 Å². The van der Waals surface area contributed by atoms with Crippen LogP contribution in [-0.4, -0.2) is 9.97 Å². The van der Waals surface area contributed by atoms with Crippen LogP contribution in [0.2, 0.25) is 0 Å². The Labute approximate surface area is 341 Å². The van der Waals surface area contributed by atoms with Crippen molar-refractivity contribution in [2.45, 2.75) is 37.5 Å². The number of benzene rings is 5. The van der Waals surface area contributed by atoms with Crippen LogP contribution < -0.4 is 0 Å². The van der Waals surface area contributed by atoms with E-state index >= 15 is 0 Å². The predicted molar refractivity (Wildman–Crippen MR) is 241 cm³/mol. The van der Waals surface area contributed by atoms with Crippen molar-refractivity contribution in [1.82, 2.24) is 9.97 Å². The van der Waals surface area contributed by atoms with Crippen LogP contribution in [0.4, 0.5) is 0 Å². The molecular formula is C56H42N2. The highest BCUT2D eigenvalue weighted by Gasteiger charge is 2.54. The first kappa shape index (κ1) is 34.4. The van der Waals surface area contributed by atoms with E-state index in [1.54, 1.807) is 0 Å². The second-order valence-electron chi connectivity index (χ2n) is 15.8. The molecule has 58 heavy (non-hydrogen) atoms. The molecule has 1 atom stereocenters. The minimum absolute atomic E-state index is 0.339. The molecule has 2 heteroatoms. The second kappa shape index (κ2) is 14.2. The lowest BCUT2D eigenvalue weighted by Gasteiger charge is -2.32. The lowest BCUT2D eigenvalue weighted by Crippen LogP contribution is -2.27. The molecule has 0 saturated heterocycles. The van der Waals surface area contributed by atoms with Crippen LogP contribution >= 0.6 is 0 Å². The zero-order chi connectivity index (χ0) is 38.5. The zero-order valence-electron chi connectivity index (χ0n) is 32.4. The molecule has 1 unspecified atom stereocenters. The van der Waals surface area contributed by atoms with E-state index in [0.717, 1.165) is 66.0 Å². The molecule has 0 N–H and O–H groups in total. The van der Waals surface area contributed by atoms with Crippen molar-refractivity contribution in [3.63, 3.8) is 0 Å². The number of aromatic nitrogens is 2. The average Bonchev–Trinajstić information content (AvgIpc) is 3.54. The third kappa shape index (κ3) is 5.55. The zero-order valence-corrected chi connectivity index (χ0v) is 32.4. The topological polar surface area (TPSA) is 25.8 Å². The number of allylic oxidation sites excluding steroid dienone is 16. The SMILES string of the molecule is C1=CCC=C2C(=C1)C1=C(C=CCC=C1)C21c2ccccc2-c2c(C3=CC=C(c4cccc(-c5cc(-c6ccccc6)nc(-c6ccccc6)n5)c4)CCC3)cccc21. The molecule has 276 valence electrons. The van der Waals surface area contributed by atoms with Gasteiger partial charge in [-0.15, -0.1) is 0 Å². The van der Waals surface area contributed by atoms with Gasteiger partial charge >= 0.3 is 0 Å². The summed E-state index contributed by atoms with van der Waals surface area (Å²) in [6.07, 6.45) is 28.6. The van der Waals surface area contributed by atoms with Gasteiger partial charge in [-0.05, 0) is 111 Å². The predicted octanol–water partition coefficient (Wildman–Crippen LogP) is 14.0. The smallest absolute Gasteiger partial charge is 0.160 e. The summed E-state index contributed by atoms with van der Waals surface area (Å²) in [4.78, 5) is 10.2. The molecule has 5 aliphatic carbocycles. The quantitative estimate of drug-likeness (QED) is 0.176. The Balaban J connectivity index is 1.01. The van der Waals surface area contributed by atoms with Crippen LogP contribution in [0.15, 0.2) is 217 Å². The molecule has 5 aromatic carbocycles. The van der Waals surface area contributed by atoms with E-state index in [1.165, 1.54) is 66.8 Å². The Morgan fingerprint density at radius 2 is 1.17 bits per heavy atom. The van der Waals surface area contributed by atoms with E-state index in [4.69, 9.17) is 9.97 Å². The van der Waals surface area contributed by atoms with E-state index in [9.17, 15) is 0 Å².